The molecule has 0 saturated heterocycles. The Labute approximate surface area is 107 Å². The van der Waals surface area contributed by atoms with Crippen molar-refractivity contribution in [1.82, 2.24) is 10.6 Å². The standard InChI is InChI=1S/C12H20N2O4/c1-3-4-5-8-13-12(17)14-10(11(15)16)7-6-9-18-2/h10H,5-9H2,1-2H3,(H,15,16)(H2,13,14,17). The van der Waals surface area contributed by atoms with E-state index in [-0.39, 0.29) is 0 Å². The summed E-state index contributed by atoms with van der Waals surface area (Å²) in [6, 6.07) is -1.38. The van der Waals surface area contributed by atoms with Gasteiger partial charge in [-0.05, 0) is 19.8 Å². The molecule has 0 aliphatic carbocycles. The summed E-state index contributed by atoms with van der Waals surface area (Å²) in [6.45, 7) is 2.59. The Kier molecular flexibility index (Phi) is 9.41. The number of rotatable bonds is 8. The zero-order valence-corrected chi connectivity index (χ0v) is 10.8. The van der Waals surface area contributed by atoms with Crippen molar-refractivity contribution in [1.29, 1.82) is 0 Å². The van der Waals surface area contributed by atoms with E-state index >= 15 is 0 Å². The van der Waals surface area contributed by atoms with Crippen molar-refractivity contribution < 1.29 is 19.4 Å². The van der Waals surface area contributed by atoms with Crippen LogP contribution in [0.1, 0.15) is 26.2 Å². The fraction of sp³-hybridized carbons (Fsp3) is 0.667. The molecule has 102 valence electrons. The molecule has 1 atom stereocenters. The highest BCUT2D eigenvalue weighted by molar-refractivity contribution is 5.82. The Morgan fingerprint density at radius 2 is 2.17 bits per heavy atom. The minimum Gasteiger partial charge on any atom is -0.480 e. The molecule has 0 rings (SSSR count). The summed E-state index contributed by atoms with van der Waals surface area (Å²) in [5.41, 5.74) is 0. The Morgan fingerprint density at radius 1 is 1.44 bits per heavy atom. The maximum Gasteiger partial charge on any atom is 0.326 e. The zero-order valence-electron chi connectivity index (χ0n) is 10.8. The molecule has 0 aromatic rings. The van der Waals surface area contributed by atoms with Crippen molar-refractivity contribution in [2.75, 3.05) is 20.3 Å². The van der Waals surface area contributed by atoms with Crippen LogP contribution in [0.2, 0.25) is 0 Å². The average Bonchev–Trinajstić information content (AvgIpc) is 2.33. The van der Waals surface area contributed by atoms with E-state index in [4.69, 9.17) is 9.84 Å². The second-order valence-electron chi connectivity index (χ2n) is 3.60. The first-order valence-corrected chi connectivity index (χ1v) is 5.77. The van der Waals surface area contributed by atoms with Crippen LogP contribution in [0.4, 0.5) is 4.79 Å². The highest BCUT2D eigenvalue weighted by Crippen LogP contribution is 1.98. The van der Waals surface area contributed by atoms with Crippen LogP contribution >= 0.6 is 0 Å². The Bertz CT molecular complexity index is 320. The highest BCUT2D eigenvalue weighted by Gasteiger charge is 2.18. The smallest absolute Gasteiger partial charge is 0.326 e. The maximum absolute atomic E-state index is 11.4. The molecule has 6 nitrogen and oxygen atoms in total. The molecule has 0 aliphatic heterocycles. The normalized spacial score (nSPS) is 11.0. The molecule has 0 spiro atoms. The van der Waals surface area contributed by atoms with Crippen LogP contribution in [0.25, 0.3) is 0 Å². The first-order valence-electron chi connectivity index (χ1n) is 5.77. The van der Waals surface area contributed by atoms with E-state index in [1.807, 2.05) is 0 Å². The molecular weight excluding hydrogens is 236 g/mol. The van der Waals surface area contributed by atoms with Gasteiger partial charge in [-0.25, -0.2) is 9.59 Å². The molecule has 6 heteroatoms. The molecule has 1 unspecified atom stereocenters. The average molecular weight is 256 g/mol. The zero-order chi connectivity index (χ0) is 13.8. The van der Waals surface area contributed by atoms with Gasteiger partial charge in [-0.15, -0.1) is 11.8 Å². The summed E-state index contributed by atoms with van der Waals surface area (Å²) in [5, 5.41) is 13.9. The van der Waals surface area contributed by atoms with Gasteiger partial charge in [0.1, 0.15) is 6.04 Å². The van der Waals surface area contributed by atoms with Crippen molar-refractivity contribution in [3.05, 3.63) is 0 Å². The van der Waals surface area contributed by atoms with E-state index in [0.29, 0.717) is 32.4 Å². The third kappa shape index (κ3) is 8.42. The molecule has 0 saturated carbocycles. The number of carbonyl (C=O) groups is 2. The summed E-state index contributed by atoms with van der Waals surface area (Å²) < 4.78 is 4.83. The van der Waals surface area contributed by atoms with Gasteiger partial charge in [0.2, 0.25) is 0 Å². The molecule has 0 fully saturated rings. The fourth-order valence-electron chi connectivity index (χ4n) is 1.26. The van der Waals surface area contributed by atoms with Crippen LogP contribution in [0.3, 0.4) is 0 Å². The lowest BCUT2D eigenvalue weighted by atomic mass is 10.1. The first-order chi connectivity index (χ1) is 8.61. The van der Waals surface area contributed by atoms with E-state index in [0.717, 1.165) is 0 Å². The van der Waals surface area contributed by atoms with Crippen molar-refractivity contribution in [2.24, 2.45) is 0 Å². The molecule has 3 N–H and O–H groups in total. The Hall–Kier alpha value is -1.74. The Balaban J connectivity index is 3.94. The van der Waals surface area contributed by atoms with Crippen LogP contribution < -0.4 is 10.6 Å². The van der Waals surface area contributed by atoms with Gasteiger partial charge in [0.05, 0.1) is 0 Å². The summed E-state index contributed by atoms with van der Waals surface area (Å²) in [5.74, 6) is 4.45. The molecular formula is C12H20N2O4. The molecule has 0 aromatic heterocycles. The van der Waals surface area contributed by atoms with Crippen LogP contribution in [-0.2, 0) is 9.53 Å². The van der Waals surface area contributed by atoms with E-state index in [1.54, 1.807) is 14.0 Å². The molecule has 0 heterocycles. The van der Waals surface area contributed by atoms with Crippen LogP contribution in [0, 0.1) is 11.8 Å². The summed E-state index contributed by atoms with van der Waals surface area (Å²) >= 11 is 0. The van der Waals surface area contributed by atoms with Gasteiger partial charge in [-0.2, -0.15) is 0 Å². The molecule has 0 aliphatic rings. The van der Waals surface area contributed by atoms with Gasteiger partial charge in [-0.1, -0.05) is 0 Å². The number of methoxy groups -OCH3 is 1. The number of carbonyl (C=O) groups excluding carboxylic acids is 1. The number of carboxylic acids is 1. The van der Waals surface area contributed by atoms with Crippen molar-refractivity contribution in [3.8, 4) is 11.8 Å². The fourth-order valence-corrected chi connectivity index (χ4v) is 1.26. The van der Waals surface area contributed by atoms with Crippen LogP contribution in [0.5, 0.6) is 0 Å². The third-order valence-corrected chi connectivity index (χ3v) is 2.16. The lowest BCUT2D eigenvalue weighted by molar-refractivity contribution is -0.139. The van der Waals surface area contributed by atoms with Gasteiger partial charge in [0, 0.05) is 26.7 Å². The number of amides is 2. The second kappa shape index (κ2) is 10.4. The lowest BCUT2D eigenvalue weighted by Crippen LogP contribution is -2.46. The second-order valence-corrected chi connectivity index (χ2v) is 3.60. The van der Waals surface area contributed by atoms with Gasteiger partial charge >= 0.3 is 12.0 Å². The van der Waals surface area contributed by atoms with E-state index < -0.39 is 18.0 Å². The minimum atomic E-state index is -1.05. The number of ether oxygens (including phenoxy) is 1. The number of nitrogens with one attached hydrogen (secondary N) is 2. The van der Waals surface area contributed by atoms with Crippen LogP contribution in [0.15, 0.2) is 0 Å². The largest absolute Gasteiger partial charge is 0.480 e. The molecule has 0 radical (unpaired) electrons. The third-order valence-electron chi connectivity index (χ3n) is 2.16. The number of carboxylic acid groups (broad SMARTS) is 1. The van der Waals surface area contributed by atoms with Crippen molar-refractivity contribution in [2.45, 2.75) is 32.2 Å². The highest BCUT2D eigenvalue weighted by atomic mass is 16.5. The molecule has 0 bridgehead atoms. The van der Waals surface area contributed by atoms with Crippen LogP contribution in [-0.4, -0.2) is 43.4 Å². The van der Waals surface area contributed by atoms with E-state index in [1.165, 1.54) is 0 Å². The first kappa shape index (κ1) is 16.3. The number of hydrogen-bond donors (Lipinski definition) is 3. The Morgan fingerprint density at radius 3 is 2.72 bits per heavy atom. The topological polar surface area (TPSA) is 87.7 Å². The minimum absolute atomic E-state index is 0.339. The summed E-state index contributed by atoms with van der Waals surface area (Å²) in [7, 11) is 1.55. The number of urea groups is 1. The monoisotopic (exact) mass is 256 g/mol. The van der Waals surface area contributed by atoms with E-state index in [9.17, 15) is 9.59 Å². The predicted molar refractivity (Wildman–Crippen MR) is 67.1 cm³/mol. The number of aliphatic carboxylic acids is 1. The van der Waals surface area contributed by atoms with Gasteiger partial charge in [-0.3, -0.25) is 0 Å². The van der Waals surface area contributed by atoms with Gasteiger partial charge in [0.25, 0.3) is 0 Å². The van der Waals surface area contributed by atoms with Crippen molar-refractivity contribution >= 4 is 12.0 Å². The molecule has 2 amide bonds. The summed E-state index contributed by atoms with van der Waals surface area (Å²) in [4.78, 5) is 22.3. The maximum atomic E-state index is 11.4. The molecule has 0 aromatic carbocycles. The number of hydrogen-bond acceptors (Lipinski definition) is 3. The summed E-state index contributed by atoms with van der Waals surface area (Å²) in [6.07, 6.45) is 1.46. The van der Waals surface area contributed by atoms with Gasteiger partial charge in [0.15, 0.2) is 0 Å². The molecule has 18 heavy (non-hydrogen) atoms. The predicted octanol–water partition coefficient (Wildman–Crippen LogP) is 0.579. The quantitative estimate of drug-likeness (QED) is 0.438. The lowest BCUT2D eigenvalue weighted by Gasteiger charge is -2.14. The van der Waals surface area contributed by atoms with Crippen molar-refractivity contribution in [3.63, 3.8) is 0 Å². The SMILES string of the molecule is CC#CCCNC(=O)NC(CCCOC)C(=O)O. The van der Waals surface area contributed by atoms with Gasteiger partial charge < -0.3 is 20.5 Å². The van der Waals surface area contributed by atoms with E-state index in [2.05, 4.69) is 22.5 Å².